The summed E-state index contributed by atoms with van der Waals surface area (Å²) in [6.07, 6.45) is 4.20. The number of hydrogen-bond acceptors (Lipinski definition) is 3. The quantitative estimate of drug-likeness (QED) is 0.408. The molecule has 36 heavy (non-hydrogen) atoms. The van der Waals surface area contributed by atoms with E-state index >= 15 is 0 Å². The molecule has 182 valence electrons. The Bertz CT molecular complexity index is 1410. The molecule has 3 aromatic carbocycles. The predicted octanol–water partition coefficient (Wildman–Crippen LogP) is 5.51. The van der Waals surface area contributed by atoms with Crippen LogP contribution in [0.15, 0.2) is 79.1 Å². The fourth-order valence-electron chi connectivity index (χ4n) is 4.69. The van der Waals surface area contributed by atoms with Crippen molar-refractivity contribution in [3.05, 3.63) is 113 Å². The summed E-state index contributed by atoms with van der Waals surface area (Å²) in [5, 5.41) is 7.24. The van der Waals surface area contributed by atoms with Crippen LogP contribution in [0.3, 0.4) is 0 Å². The van der Waals surface area contributed by atoms with Gasteiger partial charge >= 0.3 is 0 Å². The summed E-state index contributed by atoms with van der Waals surface area (Å²) in [5.74, 6) is -0.237. The van der Waals surface area contributed by atoms with E-state index in [0.29, 0.717) is 29.9 Å². The molecule has 5 rings (SSSR count). The molecular weight excluding hydrogens is 455 g/mol. The number of aromatic nitrogens is 2. The molecule has 7 heteroatoms. The van der Waals surface area contributed by atoms with E-state index in [-0.39, 0.29) is 23.5 Å². The summed E-state index contributed by atoms with van der Waals surface area (Å²) >= 11 is 0. The molecule has 0 spiro atoms. The van der Waals surface area contributed by atoms with Gasteiger partial charge in [-0.3, -0.25) is 9.59 Å². The van der Waals surface area contributed by atoms with E-state index in [1.54, 1.807) is 41.3 Å². The average Bonchev–Trinajstić information content (AvgIpc) is 3.54. The maximum atomic E-state index is 13.2. The molecule has 1 atom stereocenters. The van der Waals surface area contributed by atoms with Crippen LogP contribution in [-0.2, 0) is 0 Å². The summed E-state index contributed by atoms with van der Waals surface area (Å²) in [7, 11) is 0. The van der Waals surface area contributed by atoms with Crippen LogP contribution in [0, 0.1) is 19.7 Å². The third-order valence-electron chi connectivity index (χ3n) is 6.66. The summed E-state index contributed by atoms with van der Waals surface area (Å²) in [6, 6.07) is 19.5. The third kappa shape index (κ3) is 4.91. The number of hydrogen-bond donors (Lipinski definition) is 1. The lowest BCUT2D eigenvalue weighted by Crippen LogP contribution is -2.28. The second-order valence-electron chi connectivity index (χ2n) is 9.28. The number of aryl methyl sites for hydroxylation is 2. The Kier molecular flexibility index (Phi) is 6.38. The van der Waals surface area contributed by atoms with Crippen molar-refractivity contribution in [3.8, 4) is 5.69 Å². The zero-order valence-corrected chi connectivity index (χ0v) is 20.2. The van der Waals surface area contributed by atoms with Gasteiger partial charge in [0.2, 0.25) is 0 Å². The zero-order valence-electron chi connectivity index (χ0n) is 20.2. The summed E-state index contributed by atoms with van der Waals surface area (Å²) in [6.45, 7) is 5.20. The standard InChI is InChI=1S/C29H27FN4O2/c1-19-3-12-27(20(2)15-19)28(35)32-25-16-31-34(18-25)26-10-6-22(7-11-26)29(36)33-14-13-23(17-33)21-4-8-24(30)9-5-21/h3-12,15-16,18,23H,13-14,17H2,1-2H3,(H,32,35)/t23-/m0/s1. The van der Waals surface area contributed by atoms with Gasteiger partial charge in [0.05, 0.1) is 23.8 Å². The van der Waals surface area contributed by atoms with Crippen LogP contribution in [0.1, 0.15) is 49.7 Å². The summed E-state index contributed by atoms with van der Waals surface area (Å²) < 4.78 is 14.9. The normalized spacial score (nSPS) is 15.2. The van der Waals surface area contributed by atoms with E-state index in [1.165, 1.54) is 12.1 Å². The molecule has 2 amide bonds. The van der Waals surface area contributed by atoms with Crippen molar-refractivity contribution in [1.82, 2.24) is 14.7 Å². The largest absolute Gasteiger partial charge is 0.338 e. The Morgan fingerprint density at radius 1 is 1.00 bits per heavy atom. The minimum atomic E-state index is -0.252. The molecule has 1 aliphatic rings. The molecule has 0 aliphatic carbocycles. The lowest BCUT2D eigenvalue weighted by molar-refractivity contribution is 0.0790. The van der Waals surface area contributed by atoms with Crippen LogP contribution in [-0.4, -0.2) is 39.6 Å². The van der Waals surface area contributed by atoms with Crippen LogP contribution in [0.2, 0.25) is 0 Å². The van der Waals surface area contributed by atoms with E-state index < -0.39 is 0 Å². The van der Waals surface area contributed by atoms with Gasteiger partial charge < -0.3 is 10.2 Å². The first kappa shape index (κ1) is 23.5. The fourth-order valence-corrected chi connectivity index (χ4v) is 4.69. The number of rotatable bonds is 5. The number of likely N-dealkylation sites (tertiary alicyclic amines) is 1. The average molecular weight is 483 g/mol. The smallest absolute Gasteiger partial charge is 0.256 e. The van der Waals surface area contributed by atoms with Crippen LogP contribution < -0.4 is 5.32 Å². The Labute approximate surface area is 209 Å². The first-order valence-electron chi connectivity index (χ1n) is 12.0. The number of nitrogens with one attached hydrogen (secondary N) is 1. The van der Waals surface area contributed by atoms with Crippen LogP contribution in [0.5, 0.6) is 0 Å². The molecule has 0 radical (unpaired) electrons. The monoisotopic (exact) mass is 482 g/mol. The van der Waals surface area contributed by atoms with Crippen LogP contribution in [0.25, 0.3) is 5.69 Å². The molecule has 0 saturated carbocycles. The van der Waals surface area contributed by atoms with Gasteiger partial charge in [0.15, 0.2) is 0 Å². The van der Waals surface area contributed by atoms with Crippen LogP contribution in [0.4, 0.5) is 10.1 Å². The maximum Gasteiger partial charge on any atom is 0.256 e. The molecule has 1 aromatic heterocycles. The van der Waals surface area contributed by atoms with Gasteiger partial charge in [-0.25, -0.2) is 9.07 Å². The minimum Gasteiger partial charge on any atom is -0.338 e. The van der Waals surface area contributed by atoms with Gasteiger partial charge in [-0.15, -0.1) is 0 Å². The Balaban J connectivity index is 1.22. The van der Waals surface area contributed by atoms with Crippen molar-refractivity contribution in [1.29, 1.82) is 0 Å². The van der Waals surface area contributed by atoms with Gasteiger partial charge in [0.1, 0.15) is 5.82 Å². The van der Waals surface area contributed by atoms with Gasteiger partial charge in [0.25, 0.3) is 11.8 Å². The van der Waals surface area contributed by atoms with Crippen LogP contribution >= 0.6 is 0 Å². The maximum absolute atomic E-state index is 13.2. The van der Waals surface area contributed by atoms with Crippen molar-refractivity contribution in [3.63, 3.8) is 0 Å². The topological polar surface area (TPSA) is 67.2 Å². The van der Waals surface area contributed by atoms with Crippen molar-refractivity contribution < 1.29 is 14.0 Å². The van der Waals surface area contributed by atoms with E-state index in [9.17, 15) is 14.0 Å². The number of nitrogens with zero attached hydrogens (tertiary/aromatic N) is 3. The van der Waals surface area contributed by atoms with E-state index in [0.717, 1.165) is 28.8 Å². The molecule has 1 fully saturated rings. The third-order valence-corrected chi connectivity index (χ3v) is 6.66. The van der Waals surface area contributed by atoms with E-state index in [4.69, 9.17) is 0 Å². The number of halogens is 1. The Hall–Kier alpha value is -4.26. The molecule has 1 saturated heterocycles. The molecule has 6 nitrogen and oxygen atoms in total. The molecule has 1 aliphatic heterocycles. The molecule has 0 unspecified atom stereocenters. The number of benzene rings is 3. The number of carbonyl (C=O) groups excluding carboxylic acids is 2. The molecule has 2 heterocycles. The van der Waals surface area contributed by atoms with Crippen molar-refractivity contribution >= 4 is 17.5 Å². The lowest BCUT2D eigenvalue weighted by atomic mass is 9.98. The molecule has 1 N–H and O–H groups in total. The zero-order chi connectivity index (χ0) is 25.2. The SMILES string of the molecule is Cc1ccc(C(=O)Nc2cnn(-c3ccc(C(=O)N4CC[C@H](c5ccc(F)cc5)C4)cc3)c2)c(C)c1. The number of amides is 2. The Morgan fingerprint density at radius 3 is 2.47 bits per heavy atom. The van der Waals surface area contributed by atoms with Crippen molar-refractivity contribution in [2.24, 2.45) is 0 Å². The van der Waals surface area contributed by atoms with Gasteiger partial charge in [-0.2, -0.15) is 5.10 Å². The molecular formula is C29H27FN4O2. The minimum absolute atomic E-state index is 0.0203. The predicted molar refractivity (Wildman–Crippen MR) is 137 cm³/mol. The fraction of sp³-hybridized carbons (Fsp3) is 0.207. The second-order valence-corrected chi connectivity index (χ2v) is 9.28. The first-order chi connectivity index (χ1) is 17.4. The van der Waals surface area contributed by atoms with E-state index in [2.05, 4.69) is 10.4 Å². The van der Waals surface area contributed by atoms with Gasteiger partial charge in [-0.05, 0) is 73.9 Å². The first-order valence-corrected chi connectivity index (χ1v) is 12.0. The molecule has 4 aromatic rings. The highest BCUT2D eigenvalue weighted by molar-refractivity contribution is 6.05. The van der Waals surface area contributed by atoms with Crippen molar-refractivity contribution in [2.45, 2.75) is 26.2 Å². The van der Waals surface area contributed by atoms with Crippen molar-refractivity contribution in [2.75, 3.05) is 18.4 Å². The molecule has 0 bridgehead atoms. The van der Waals surface area contributed by atoms with Gasteiger partial charge in [-0.1, -0.05) is 29.8 Å². The summed E-state index contributed by atoms with van der Waals surface area (Å²) in [4.78, 5) is 27.5. The number of carbonyl (C=O) groups is 2. The van der Waals surface area contributed by atoms with Gasteiger partial charge in [0, 0.05) is 30.1 Å². The summed E-state index contributed by atoms with van der Waals surface area (Å²) in [5.41, 5.74) is 5.68. The highest BCUT2D eigenvalue weighted by Crippen LogP contribution is 2.28. The highest BCUT2D eigenvalue weighted by Gasteiger charge is 2.28. The number of anilines is 1. The highest BCUT2D eigenvalue weighted by atomic mass is 19.1. The Morgan fingerprint density at radius 2 is 1.75 bits per heavy atom. The van der Waals surface area contributed by atoms with E-state index in [1.807, 2.05) is 49.1 Å². The lowest BCUT2D eigenvalue weighted by Gasteiger charge is -2.17. The second kappa shape index (κ2) is 9.77.